The summed E-state index contributed by atoms with van der Waals surface area (Å²) in [6.07, 6.45) is 2.41. The van der Waals surface area contributed by atoms with E-state index < -0.39 is 0 Å². The molecule has 94 valence electrons. The van der Waals surface area contributed by atoms with Crippen LogP contribution in [0.2, 0.25) is 0 Å². The molecule has 0 aromatic carbocycles. The highest BCUT2D eigenvalue weighted by Crippen LogP contribution is 2.26. The maximum atomic E-state index is 5.94. The number of hydrogen-bond donors (Lipinski definition) is 1. The molecule has 2 rings (SSSR count). The zero-order valence-electron chi connectivity index (χ0n) is 10.6. The number of likely N-dealkylation sites (tertiary alicyclic amines) is 1. The zero-order valence-corrected chi connectivity index (χ0v) is 10.6. The highest BCUT2D eigenvalue weighted by Gasteiger charge is 2.38. The summed E-state index contributed by atoms with van der Waals surface area (Å²) in [4.78, 5) is 4.86. The van der Waals surface area contributed by atoms with E-state index in [1.165, 1.54) is 19.5 Å². The second-order valence-electron chi connectivity index (χ2n) is 5.53. The molecule has 0 bridgehead atoms. The standard InChI is InChI=1S/C12H25N3O/c1-14-5-3-11(7-14)8-15(2)12(9-13)4-6-16-10-12/h11H,3-10,13H2,1-2H3. The maximum Gasteiger partial charge on any atom is 0.0663 e. The molecule has 0 amide bonds. The van der Waals surface area contributed by atoms with Crippen molar-refractivity contribution in [2.45, 2.75) is 18.4 Å². The fourth-order valence-electron chi connectivity index (χ4n) is 2.97. The highest BCUT2D eigenvalue weighted by atomic mass is 16.5. The molecular weight excluding hydrogens is 202 g/mol. The van der Waals surface area contributed by atoms with E-state index in [0.29, 0.717) is 6.54 Å². The number of ether oxygens (including phenoxy) is 1. The Morgan fingerprint density at radius 2 is 2.38 bits per heavy atom. The average Bonchev–Trinajstić information content (AvgIpc) is 2.88. The minimum Gasteiger partial charge on any atom is -0.379 e. The lowest BCUT2D eigenvalue weighted by Gasteiger charge is -2.38. The molecule has 2 aliphatic heterocycles. The van der Waals surface area contributed by atoms with E-state index in [9.17, 15) is 0 Å². The van der Waals surface area contributed by atoms with Crippen LogP contribution in [-0.2, 0) is 4.74 Å². The molecule has 2 aliphatic rings. The Kier molecular flexibility index (Phi) is 3.85. The van der Waals surface area contributed by atoms with Crippen molar-refractivity contribution in [3.63, 3.8) is 0 Å². The van der Waals surface area contributed by atoms with Crippen molar-refractivity contribution in [3.05, 3.63) is 0 Å². The van der Waals surface area contributed by atoms with Crippen LogP contribution in [0.4, 0.5) is 0 Å². The summed E-state index contributed by atoms with van der Waals surface area (Å²) in [5.41, 5.74) is 6.05. The van der Waals surface area contributed by atoms with Crippen LogP contribution >= 0.6 is 0 Å². The van der Waals surface area contributed by atoms with Crippen molar-refractivity contribution in [3.8, 4) is 0 Å². The lowest BCUT2D eigenvalue weighted by molar-refractivity contribution is 0.0817. The molecule has 4 heteroatoms. The van der Waals surface area contributed by atoms with Gasteiger partial charge in [-0.2, -0.15) is 0 Å². The topological polar surface area (TPSA) is 41.7 Å². The molecule has 2 saturated heterocycles. The molecule has 0 spiro atoms. The van der Waals surface area contributed by atoms with E-state index in [-0.39, 0.29) is 5.54 Å². The fourth-order valence-corrected chi connectivity index (χ4v) is 2.97. The van der Waals surface area contributed by atoms with Gasteiger partial charge in [-0.25, -0.2) is 0 Å². The first-order valence-corrected chi connectivity index (χ1v) is 6.34. The van der Waals surface area contributed by atoms with Crippen molar-refractivity contribution in [2.75, 3.05) is 53.5 Å². The summed E-state index contributed by atoms with van der Waals surface area (Å²) in [7, 11) is 4.41. The quantitative estimate of drug-likeness (QED) is 0.733. The minimum absolute atomic E-state index is 0.112. The van der Waals surface area contributed by atoms with E-state index in [0.717, 1.165) is 32.1 Å². The lowest BCUT2D eigenvalue weighted by Crippen LogP contribution is -2.54. The van der Waals surface area contributed by atoms with E-state index in [4.69, 9.17) is 10.5 Å². The summed E-state index contributed by atoms with van der Waals surface area (Å²) in [6, 6.07) is 0. The SMILES string of the molecule is CN1CCC(CN(C)C2(CN)CCOC2)C1. The molecule has 2 unspecified atom stereocenters. The van der Waals surface area contributed by atoms with Crippen LogP contribution in [0.25, 0.3) is 0 Å². The van der Waals surface area contributed by atoms with Crippen molar-refractivity contribution >= 4 is 0 Å². The van der Waals surface area contributed by atoms with Gasteiger partial charge in [0.2, 0.25) is 0 Å². The maximum absolute atomic E-state index is 5.94. The van der Waals surface area contributed by atoms with Gasteiger partial charge in [0.25, 0.3) is 0 Å². The fraction of sp³-hybridized carbons (Fsp3) is 1.00. The summed E-state index contributed by atoms with van der Waals surface area (Å²) >= 11 is 0. The van der Waals surface area contributed by atoms with Crippen LogP contribution in [-0.4, -0.2) is 68.8 Å². The van der Waals surface area contributed by atoms with Gasteiger partial charge < -0.3 is 15.4 Å². The van der Waals surface area contributed by atoms with Crippen LogP contribution in [0.1, 0.15) is 12.8 Å². The van der Waals surface area contributed by atoms with Gasteiger partial charge in [0.05, 0.1) is 12.1 Å². The van der Waals surface area contributed by atoms with Gasteiger partial charge in [0.1, 0.15) is 0 Å². The van der Waals surface area contributed by atoms with E-state index in [1.54, 1.807) is 0 Å². The van der Waals surface area contributed by atoms with E-state index >= 15 is 0 Å². The third-order valence-corrected chi connectivity index (χ3v) is 4.29. The molecule has 2 atom stereocenters. The first-order valence-electron chi connectivity index (χ1n) is 6.34. The Labute approximate surface area is 98.7 Å². The Balaban J connectivity index is 1.88. The number of likely N-dealkylation sites (N-methyl/N-ethyl adjacent to an activating group) is 1. The van der Waals surface area contributed by atoms with Crippen LogP contribution in [0.3, 0.4) is 0 Å². The first kappa shape index (κ1) is 12.3. The molecule has 16 heavy (non-hydrogen) atoms. The van der Waals surface area contributed by atoms with Crippen molar-refractivity contribution in [1.29, 1.82) is 0 Å². The lowest BCUT2D eigenvalue weighted by atomic mass is 9.95. The van der Waals surface area contributed by atoms with Crippen LogP contribution in [0.15, 0.2) is 0 Å². The largest absolute Gasteiger partial charge is 0.379 e. The van der Waals surface area contributed by atoms with Gasteiger partial charge in [-0.05, 0) is 39.4 Å². The molecule has 0 radical (unpaired) electrons. The summed E-state index contributed by atoms with van der Waals surface area (Å²) in [5.74, 6) is 0.805. The van der Waals surface area contributed by atoms with E-state index in [1.807, 2.05) is 0 Å². The Morgan fingerprint density at radius 1 is 1.56 bits per heavy atom. The minimum atomic E-state index is 0.112. The second-order valence-corrected chi connectivity index (χ2v) is 5.53. The van der Waals surface area contributed by atoms with Gasteiger partial charge in [0.15, 0.2) is 0 Å². The molecular formula is C12H25N3O. The van der Waals surface area contributed by atoms with Gasteiger partial charge >= 0.3 is 0 Å². The number of nitrogens with zero attached hydrogens (tertiary/aromatic N) is 2. The number of rotatable bonds is 4. The third-order valence-electron chi connectivity index (χ3n) is 4.29. The van der Waals surface area contributed by atoms with Crippen molar-refractivity contribution in [2.24, 2.45) is 11.7 Å². The smallest absolute Gasteiger partial charge is 0.0663 e. The van der Waals surface area contributed by atoms with Gasteiger partial charge in [-0.1, -0.05) is 0 Å². The normalized spacial score (nSPS) is 36.4. The summed E-state index contributed by atoms with van der Waals surface area (Å²) < 4.78 is 5.53. The molecule has 0 aliphatic carbocycles. The molecule has 2 N–H and O–H groups in total. The van der Waals surface area contributed by atoms with E-state index in [2.05, 4.69) is 23.9 Å². The summed E-state index contributed by atoms with van der Waals surface area (Å²) in [5, 5.41) is 0. The first-order chi connectivity index (χ1) is 7.66. The van der Waals surface area contributed by atoms with Gasteiger partial charge in [-0.3, -0.25) is 4.90 Å². The Morgan fingerprint density at radius 3 is 2.88 bits per heavy atom. The van der Waals surface area contributed by atoms with Gasteiger partial charge in [0, 0.05) is 26.2 Å². The molecule has 2 heterocycles. The molecule has 0 aromatic heterocycles. The van der Waals surface area contributed by atoms with Crippen LogP contribution in [0.5, 0.6) is 0 Å². The second kappa shape index (κ2) is 5.00. The Hall–Kier alpha value is -0.160. The predicted octanol–water partition coefficient (Wildman–Crippen LogP) is -0.0123. The highest BCUT2D eigenvalue weighted by molar-refractivity contribution is 4.95. The van der Waals surface area contributed by atoms with Crippen molar-refractivity contribution in [1.82, 2.24) is 9.80 Å². The molecule has 0 saturated carbocycles. The molecule has 2 fully saturated rings. The van der Waals surface area contributed by atoms with Crippen molar-refractivity contribution < 1.29 is 4.74 Å². The average molecular weight is 227 g/mol. The van der Waals surface area contributed by atoms with Crippen LogP contribution < -0.4 is 5.73 Å². The zero-order chi connectivity index (χ0) is 11.6. The third kappa shape index (κ3) is 2.40. The monoisotopic (exact) mass is 227 g/mol. The molecule has 4 nitrogen and oxygen atoms in total. The van der Waals surface area contributed by atoms with Crippen LogP contribution in [0, 0.1) is 5.92 Å². The predicted molar refractivity (Wildman–Crippen MR) is 65.5 cm³/mol. The summed E-state index contributed by atoms with van der Waals surface area (Å²) in [6.45, 7) is 6.02. The number of nitrogens with two attached hydrogens (primary N) is 1. The molecule has 0 aromatic rings. The number of hydrogen-bond acceptors (Lipinski definition) is 4. The Bertz CT molecular complexity index is 228. The van der Waals surface area contributed by atoms with Gasteiger partial charge in [-0.15, -0.1) is 0 Å².